The van der Waals surface area contributed by atoms with Crippen LogP contribution >= 0.6 is 0 Å². The van der Waals surface area contributed by atoms with E-state index >= 15 is 0 Å². The molecular weight excluding hydrogens is 311 g/mol. The quantitative estimate of drug-likeness (QED) is 0.624. The Morgan fingerprint density at radius 3 is 2.62 bits per heavy atom. The number of benzene rings is 1. The second-order valence-electron chi connectivity index (χ2n) is 5.24. The van der Waals surface area contributed by atoms with E-state index in [1.807, 2.05) is 11.9 Å². The lowest BCUT2D eigenvalue weighted by molar-refractivity contribution is -0.120. The van der Waals surface area contributed by atoms with Crippen molar-refractivity contribution in [1.82, 2.24) is 15.5 Å². The van der Waals surface area contributed by atoms with Gasteiger partial charge in [-0.15, -0.1) is 0 Å². The third-order valence-corrected chi connectivity index (χ3v) is 3.35. The molecule has 0 radical (unpaired) electrons. The van der Waals surface area contributed by atoms with Crippen molar-refractivity contribution in [3.8, 4) is 0 Å². The zero-order valence-corrected chi connectivity index (χ0v) is 13.8. The second kappa shape index (κ2) is 8.71. The van der Waals surface area contributed by atoms with E-state index in [0.717, 1.165) is 5.56 Å². The number of halogens is 1. The Morgan fingerprint density at radius 2 is 2.00 bits per heavy atom. The maximum absolute atomic E-state index is 12.9. The van der Waals surface area contributed by atoms with Crippen LogP contribution in [0.15, 0.2) is 52.1 Å². The van der Waals surface area contributed by atoms with Gasteiger partial charge in [0.15, 0.2) is 5.96 Å². The van der Waals surface area contributed by atoms with Crippen molar-refractivity contribution in [1.29, 1.82) is 0 Å². The van der Waals surface area contributed by atoms with E-state index in [1.165, 1.54) is 12.1 Å². The minimum absolute atomic E-state index is 0.0984. The number of guanidine groups is 1. The Labute approximate surface area is 140 Å². The molecule has 0 atom stereocenters. The number of amides is 1. The van der Waals surface area contributed by atoms with Gasteiger partial charge in [-0.1, -0.05) is 12.1 Å². The molecule has 1 aromatic carbocycles. The Hall–Kier alpha value is -2.83. The van der Waals surface area contributed by atoms with Crippen LogP contribution in [0.5, 0.6) is 0 Å². The van der Waals surface area contributed by atoms with Crippen LogP contribution in [0, 0.1) is 5.82 Å². The average molecular weight is 332 g/mol. The predicted octanol–water partition coefficient (Wildman–Crippen LogP) is 1.74. The smallest absolute Gasteiger partial charge is 0.239 e. The van der Waals surface area contributed by atoms with Crippen LogP contribution in [-0.2, 0) is 17.9 Å². The summed E-state index contributed by atoms with van der Waals surface area (Å²) in [6.07, 6.45) is 1.56. The predicted molar refractivity (Wildman–Crippen MR) is 89.8 cm³/mol. The summed E-state index contributed by atoms with van der Waals surface area (Å²) in [5.74, 6) is 0.841. The van der Waals surface area contributed by atoms with Crippen LogP contribution in [0.4, 0.5) is 4.39 Å². The molecule has 0 spiro atoms. The zero-order valence-electron chi connectivity index (χ0n) is 13.8. The summed E-state index contributed by atoms with van der Waals surface area (Å²) in [5, 5.41) is 5.74. The Morgan fingerprint density at radius 1 is 1.25 bits per heavy atom. The molecule has 128 valence electrons. The van der Waals surface area contributed by atoms with Crippen LogP contribution in [0.3, 0.4) is 0 Å². The van der Waals surface area contributed by atoms with Gasteiger partial charge in [0.05, 0.1) is 19.4 Å². The minimum atomic E-state index is -0.267. The van der Waals surface area contributed by atoms with Crippen molar-refractivity contribution in [3.63, 3.8) is 0 Å². The number of nitrogens with zero attached hydrogens (tertiary/aromatic N) is 2. The third kappa shape index (κ3) is 5.42. The molecule has 0 saturated carbocycles. The summed E-state index contributed by atoms with van der Waals surface area (Å²) in [7, 11) is 3.49. The van der Waals surface area contributed by atoms with E-state index in [1.54, 1.807) is 37.6 Å². The van der Waals surface area contributed by atoms with Gasteiger partial charge in [-0.25, -0.2) is 4.39 Å². The minimum Gasteiger partial charge on any atom is -0.467 e. The molecule has 1 aromatic heterocycles. The fourth-order valence-electron chi connectivity index (χ4n) is 2.14. The summed E-state index contributed by atoms with van der Waals surface area (Å²) in [6, 6.07) is 9.84. The van der Waals surface area contributed by atoms with Crippen LogP contribution < -0.4 is 10.6 Å². The lowest BCUT2D eigenvalue weighted by Gasteiger charge is -2.22. The molecule has 1 heterocycles. The first-order valence-electron chi connectivity index (χ1n) is 7.54. The third-order valence-electron chi connectivity index (χ3n) is 3.35. The van der Waals surface area contributed by atoms with Crippen molar-refractivity contribution >= 4 is 11.9 Å². The highest BCUT2D eigenvalue weighted by atomic mass is 19.1. The molecule has 7 heteroatoms. The van der Waals surface area contributed by atoms with E-state index in [-0.39, 0.29) is 18.3 Å². The van der Waals surface area contributed by atoms with Crippen LogP contribution in [-0.4, -0.2) is 37.4 Å². The van der Waals surface area contributed by atoms with Gasteiger partial charge >= 0.3 is 0 Å². The first kappa shape index (κ1) is 17.5. The van der Waals surface area contributed by atoms with Crippen LogP contribution in [0.1, 0.15) is 11.3 Å². The molecule has 2 N–H and O–H groups in total. The van der Waals surface area contributed by atoms with Crippen molar-refractivity contribution in [2.75, 3.05) is 20.6 Å². The molecule has 0 saturated heterocycles. The summed E-state index contributed by atoms with van der Waals surface area (Å²) in [6.45, 7) is 0.993. The fourth-order valence-corrected chi connectivity index (χ4v) is 2.14. The van der Waals surface area contributed by atoms with E-state index in [0.29, 0.717) is 24.8 Å². The molecule has 24 heavy (non-hydrogen) atoms. The molecular formula is C17H21FN4O2. The Balaban J connectivity index is 1.78. The van der Waals surface area contributed by atoms with Crippen molar-refractivity contribution < 1.29 is 13.6 Å². The SMILES string of the molecule is CN=C(NCC(=O)NCc1ccco1)N(C)Cc1ccc(F)cc1. The molecule has 2 aromatic rings. The zero-order chi connectivity index (χ0) is 17.4. The van der Waals surface area contributed by atoms with Gasteiger partial charge in [0, 0.05) is 20.6 Å². The van der Waals surface area contributed by atoms with E-state index in [4.69, 9.17) is 4.42 Å². The topological polar surface area (TPSA) is 69.9 Å². The second-order valence-corrected chi connectivity index (χ2v) is 5.24. The number of hydrogen-bond donors (Lipinski definition) is 2. The number of rotatable bonds is 6. The number of nitrogens with one attached hydrogen (secondary N) is 2. The van der Waals surface area contributed by atoms with E-state index in [2.05, 4.69) is 15.6 Å². The van der Waals surface area contributed by atoms with Crippen LogP contribution in [0.2, 0.25) is 0 Å². The molecule has 2 rings (SSSR count). The summed E-state index contributed by atoms with van der Waals surface area (Å²) in [4.78, 5) is 17.8. The van der Waals surface area contributed by atoms with E-state index in [9.17, 15) is 9.18 Å². The van der Waals surface area contributed by atoms with Crippen molar-refractivity contribution in [3.05, 3.63) is 59.8 Å². The molecule has 0 bridgehead atoms. The fraction of sp³-hybridized carbons (Fsp3) is 0.294. The number of carbonyl (C=O) groups is 1. The van der Waals surface area contributed by atoms with Gasteiger partial charge in [0.1, 0.15) is 11.6 Å². The number of aliphatic imine (C=N–C) groups is 1. The number of hydrogen-bond acceptors (Lipinski definition) is 3. The maximum atomic E-state index is 12.9. The maximum Gasteiger partial charge on any atom is 0.239 e. The van der Waals surface area contributed by atoms with Crippen molar-refractivity contribution in [2.45, 2.75) is 13.1 Å². The standard InChI is InChI=1S/C17H21FN4O2/c1-19-17(22(2)12-13-5-7-14(18)8-6-13)21-11-16(23)20-10-15-4-3-9-24-15/h3-9H,10-12H2,1-2H3,(H,19,21)(H,20,23). The molecule has 0 aliphatic carbocycles. The Kier molecular flexibility index (Phi) is 6.36. The van der Waals surface area contributed by atoms with Gasteiger partial charge in [-0.05, 0) is 29.8 Å². The van der Waals surface area contributed by atoms with Gasteiger partial charge < -0.3 is 20.0 Å². The van der Waals surface area contributed by atoms with E-state index < -0.39 is 0 Å². The molecule has 0 fully saturated rings. The summed E-state index contributed by atoms with van der Waals surface area (Å²) < 4.78 is 18.1. The highest BCUT2D eigenvalue weighted by Gasteiger charge is 2.09. The lowest BCUT2D eigenvalue weighted by atomic mass is 10.2. The molecule has 6 nitrogen and oxygen atoms in total. The number of furan rings is 1. The highest BCUT2D eigenvalue weighted by Crippen LogP contribution is 2.05. The van der Waals surface area contributed by atoms with Crippen molar-refractivity contribution in [2.24, 2.45) is 4.99 Å². The lowest BCUT2D eigenvalue weighted by Crippen LogP contribution is -2.43. The van der Waals surface area contributed by atoms with Gasteiger partial charge in [-0.3, -0.25) is 9.79 Å². The molecule has 0 aliphatic heterocycles. The normalized spacial score (nSPS) is 11.2. The Bertz CT molecular complexity index is 668. The highest BCUT2D eigenvalue weighted by molar-refractivity contribution is 5.86. The first-order chi connectivity index (χ1) is 11.6. The average Bonchev–Trinajstić information content (AvgIpc) is 3.09. The molecule has 0 unspecified atom stereocenters. The largest absolute Gasteiger partial charge is 0.467 e. The monoisotopic (exact) mass is 332 g/mol. The van der Waals surface area contributed by atoms with Gasteiger partial charge in [0.2, 0.25) is 5.91 Å². The van der Waals surface area contributed by atoms with Crippen LogP contribution in [0.25, 0.3) is 0 Å². The van der Waals surface area contributed by atoms with Gasteiger partial charge in [0.25, 0.3) is 0 Å². The number of carbonyl (C=O) groups excluding carboxylic acids is 1. The first-order valence-corrected chi connectivity index (χ1v) is 7.54. The summed E-state index contributed by atoms with van der Waals surface area (Å²) in [5.41, 5.74) is 0.948. The van der Waals surface area contributed by atoms with Gasteiger partial charge in [-0.2, -0.15) is 0 Å². The molecule has 0 aliphatic rings. The summed E-state index contributed by atoms with van der Waals surface area (Å²) >= 11 is 0. The molecule has 1 amide bonds.